The maximum atomic E-state index is 10.6. The lowest BCUT2D eigenvalue weighted by Gasteiger charge is -2.45. The number of aliphatic hydroxyl groups excluding tert-OH is 11. The minimum atomic E-state index is -1.93. The van der Waals surface area contributed by atoms with Gasteiger partial charge in [0.1, 0.15) is 73.2 Å². The van der Waals surface area contributed by atoms with E-state index in [1.54, 1.807) is 0 Å². The highest BCUT2D eigenvalue weighted by molar-refractivity contribution is 4.94. The van der Waals surface area contributed by atoms with Gasteiger partial charge in [-0.1, -0.05) is 0 Å². The van der Waals surface area contributed by atoms with Gasteiger partial charge in [-0.2, -0.15) is 0 Å². The molecule has 34 heavy (non-hydrogen) atoms. The molecule has 0 amide bonds. The summed E-state index contributed by atoms with van der Waals surface area (Å²) in [6, 6.07) is 0. The lowest BCUT2D eigenvalue weighted by molar-refractivity contribution is -0.361. The van der Waals surface area contributed by atoms with Crippen LogP contribution in [-0.4, -0.2) is 168 Å². The average molecular weight is 504 g/mol. The minimum Gasteiger partial charge on any atom is -0.394 e. The molecule has 3 fully saturated rings. The highest BCUT2D eigenvalue weighted by Crippen LogP contribution is 2.29. The van der Waals surface area contributed by atoms with Crippen LogP contribution >= 0.6 is 0 Å². The van der Waals surface area contributed by atoms with E-state index < -0.39 is 112 Å². The van der Waals surface area contributed by atoms with Crippen LogP contribution in [0.1, 0.15) is 0 Å². The predicted molar refractivity (Wildman–Crippen MR) is 101 cm³/mol. The maximum Gasteiger partial charge on any atom is 0.187 e. The van der Waals surface area contributed by atoms with E-state index in [4.69, 9.17) is 23.7 Å². The van der Waals surface area contributed by atoms with Gasteiger partial charge in [-0.05, 0) is 0 Å². The topological polar surface area (TPSA) is 269 Å². The van der Waals surface area contributed by atoms with Gasteiger partial charge in [0.2, 0.25) is 0 Å². The Bertz CT molecular complexity index is 637. The van der Waals surface area contributed by atoms with Gasteiger partial charge >= 0.3 is 0 Å². The van der Waals surface area contributed by atoms with Gasteiger partial charge < -0.3 is 79.9 Å². The van der Waals surface area contributed by atoms with Crippen molar-refractivity contribution in [1.29, 1.82) is 0 Å². The molecule has 3 saturated heterocycles. The molecule has 0 aliphatic carbocycles. The van der Waals surface area contributed by atoms with Crippen LogP contribution in [-0.2, 0) is 23.7 Å². The van der Waals surface area contributed by atoms with Crippen molar-refractivity contribution < 1.29 is 79.9 Å². The Morgan fingerprint density at radius 2 is 1.00 bits per heavy atom. The van der Waals surface area contributed by atoms with Crippen molar-refractivity contribution in [1.82, 2.24) is 0 Å². The monoisotopic (exact) mass is 504 g/mol. The minimum absolute atomic E-state index is 0.609. The number of hydrogen-bond acceptors (Lipinski definition) is 16. The molecule has 3 heterocycles. The fourth-order valence-corrected chi connectivity index (χ4v) is 3.94. The Labute approximate surface area is 192 Å². The number of rotatable bonds is 7. The van der Waals surface area contributed by atoms with E-state index in [1.165, 1.54) is 0 Å². The molecule has 0 bridgehead atoms. The molecule has 3 aliphatic heterocycles. The van der Waals surface area contributed by atoms with Crippen molar-refractivity contribution in [2.24, 2.45) is 0 Å². The zero-order valence-electron chi connectivity index (χ0n) is 17.7. The number of hydrogen-bond donors (Lipinski definition) is 11. The SMILES string of the molecule is OC[C@H]1O[C@H](OC[C@H]2O[C@H](O)[C@H](O)[C@@H](O[C@H]3O[C@H](CO)[C@@H](O)[C@H](O)[C@H]3O)[C@@H]2O)[C@H](O)[C@@H](O)[C@@H]1O. The van der Waals surface area contributed by atoms with Crippen LogP contribution in [0.2, 0.25) is 0 Å². The van der Waals surface area contributed by atoms with Crippen LogP contribution in [0.15, 0.2) is 0 Å². The third-order valence-corrected chi connectivity index (χ3v) is 6.07. The largest absolute Gasteiger partial charge is 0.394 e. The molecule has 16 nitrogen and oxygen atoms in total. The first kappa shape index (κ1) is 27.9. The fraction of sp³-hybridized carbons (Fsp3) is 1.00. The summed E-state index contributed by atoms with van der Waals surface area (Å²) in [6.45, 7) is -2.06. The van der Waals surface area contributed by atoms with Crippen molar-refractivity contribution in [3.05, 3.63) is 0 Å². The Kier molecular flexibility index (Phi) is 9.54. The molecule has 200 valence electrons. The second-order valence-electron chi connectivity index (χ2n) is 8.37. The second-order valence-corrected chi connectivity index (χ2v) is 8.37. The van der Waals surface area contributed by atoms with E-state index >= 15 is 0 Å². The van der Waals surface area contributed by atoms with Gasteiger partial charge in [-0.15, -0.1) is 0 Å². The molecule has 0 saturated carbocycles. The third-order valence-electron chi connectivity index (χ3n) is 6.07. The average Bonchev–Trinajstić information content (AvgIpc) is 2.82. The summed E-state index contributed by atoms with van der Waals surface area (Å²) < 4.78 is 26.1. The van der Waals surface area contributed by atoms with E-state index in [9.17, 15) is 56.2 Å². The summed E-state index contributed by atoms with van der Waals surface area (Å²) in [5.74, 6) is 0. The highest BCUT2D eigenvalue weighted by Gasteiger charge is 2.51. The molecule has 16 heteroatoms. The lowest BCUT2D eigenvalue weighted by Crippen LogP contribution is -2.65. The molecule has 11 N–H and O–H groups in total. The van der Waals surface area contributed by atoms with Gasteiger partial charge in [-0.25, -0.2) is 0 Å². The number of aliphatic hydroxyl groups is 11. The molecule has 0 aromatic heterocycles. The first-order valence-corrected chi connectivity index (χ1v) is 10.6. The molecule has 15 atom stereocenters. The van der Waals surface area contributed by atoms with Crippen LogP contribution in [0.4, 0.5) is 0 Å². The summed E-state index contributed by atoms with van der Waals surface area (Å²) in [4.78, 5) is 0. The zero-order valence-corrected chi connectivity index (χ0v) is 17.7. The predicted octanol–water partition coefficient (Wildman–Crippen LogP) is -7.57. The maximum absolute atomic E-state index is 10.6. The van der Waals surface area contributed by atoms with E-state index in [2.05, 4.69) is 0 Å². The van der Waals surface area contributed by atoms with E-state index in [1.807, 2.05) is 0 Å². The third kappa shape index (κ3) is 5.52. The van der Waals surface area contributed by atoms with E-state index in [-0.39, 0.29) is 0 Å². The summed E-state index contributed by atoms with van der Waals surface area (Å²) >= 11 is 0. The molecule has 0 aromatic rings. The quantitative estimate of drug-likeness (QED) is 0.154. The molecule has 3 rings (SSSR count). The van der Waals surface area contributed by atoms with Crippen LogP contribution < -0.4 is 0 Å². The molecular formula is C18H32O16. The van der Waals surface area contributed by atoms with E-state index in [0.717, 1.165) is 0 Å². The van der Waals surface area contributed by atoms with Gasteiger partial charge in [0.15, 0.2) is 18.9 Å². The number of ether oxygens (including phenoxy) is 5. The fourth-order valence-electron chi connectivity index (χ4n) is 3.94. The Hall–Kier alpha value is -0.640. The smallest absolute Gasteiger partial charge is 0.187 e. The normalized spacial score (nSPS) is 52.5. The van der Waals surface area contributed by atoms with Gasteiger partial charge in [0.05, 0.1) is 19.8 Å². The Morgan fingerprint density at radius 1 is 0.500 bits per heavy atom. The zero-order chi connectivity index (χ0) is 25.3. The first-order valence-electron chi connectivity index (χ1n) is 10.6. The Balaban J connectivity index is 1.65. The molecule has 0 spiro atoms. The van der Waals surface area contributed by atoms with E-state index in [0.29, 0.717) is 0 Å². The summed E-state index contributed by atoms with van der Waals surface area (Å²) in [7, 11) is 0. The highest BCUT2D eigenvalue weighted by atomic mass is 16.7. The van der Waals surface area contributed by atoms with Gasteiger partial charge in [-0.3, -0.25) is 0 Å². The van der Waals surface area contributed by atoms with Crippen LogP contribution in [0.5, 0.6) is 0 Å². The van der Waals surface area contributed by atoms with Crippen molar-refractivity contribution in [3.8, 4) is 0 Å². The van der Waals surface area contributed by atoms with Crippen molar-refractivity contribution in [2.45, 2.75) is 92.1 Å². The second kappa shape index (κ2) is 11.6. The van der Waals surface area contributed by atoms with Crippen molar-refractivity contribution in [3.63, 3.8) is 0 Å². The van der Waals surface area contributed by atoms with Crippen molar-refractivity contribution in [2.75, 3.05) is 19.8 Å². The standard InChI is InChI=1S/C18H32O16/c19-1-4-7(21)10(24)12(26)17(32-4)30-3-6-9(23)15(14(28)16(29)31-6)34-18-13(27)11(25)8(22)5(2-20)33-18/h4-29H,1-3H2/t4-,5-,6-,7-,8-,9-,10+,11+,12-,13-,14-,15+,16+,17+,18-/m1/s1. The summed E-state index contributed by atoms with van der Waals surface area (Å²) in [5, 5.41) is 109. The Morgan fingerprint density at radius 3 is 1.53 bits per heavy atom. The first-order chi connectivity index (χ1) is 16.0. The molecular weight excluding hydrogens is 472 g/mol. The van der Waals surface area contributed by atoms with Crippen molar-refractivity contribution >= 4 is 0 Å². The van der Waals surface area contributed by atoms with Crippen LogP contribution in [0, 0.1) is 0 Å². The summed E-state index contributed by atoms with van der Waals surface area (Å²) in [6.07, 6.45) is -24.9. The molecule has 0 unspecified atom stereocenters. The van der Waals surface area contributed by atoms with Crippen LogP contribution in [0.25, 0.3) is 0 Å². The van der Waals surface area contributed by atoms with Gasteiger partial charge in [0, 0.05) is 0 Å². The summed E-state index contributed by atoms with van der Waals surface area (Å²) in [5.41, 5.74) is 0. The van der Waals surface area contributed by atoms with Crippen LogP contribution in [0.3, 0.4) is 0 Å². The lowest BCUT2D eigenvalue weighted by atomic mass is 9.97. The molecule has 3 aliphatic rings. The van der Waals surface area contributed by atoms with Gasteiger partial charge in [0.25, 0.3) is 0 Å². The molecule has 0 aromatic carbocycles. The molecule has 0 radical (unpaired) electrons.